The predicted molar refractivity (Wildman–Crippen MR) is 73.4 cm³/mol. The summed E-state index contributed by atoms with van der Waals surface area (Å²) in [6.45, 7) is 8.27. The average molecular weight is 266 g/mol. The Kier molecular flexibility index (Phi) is 4.42. The molecule has 0 unspecified atom stereocenters. The molecule has 1 aliphatic heterocycles. The maximum atomic E-state index is 11.9. The Morgan fingerprint density at radius 2 is 2.37 bits per heavy atom. The first kappa shape index (κ1) is 13.9. The minimum Gasteiger partial charge on any atom is -0.478 e. The van der Waals surface area contributed by atoms with Crippen LogP contribution in [0.25, 0.3) is 0 Å². The molecule has 1 saturated heterocycles. The summed E-state index contributed by atoms with van der Waals surface area (Å²) in [6.07, 6.45) is 0.943. The third-order valence-electron chi connectivity index (χ3n) is 3.05. The van der Waals surface area contributed by atoms with Crippen LogP contribution in [0, 0.1) is 5.92 Å². The number of hydrogen-bond acceptors (Lipinski definition) is 4. The number of carbonyl (C=O) groups excluding carboxylic acids is 1. The van der Waals surface area contributed by atoms with Crippen molar-refractivity contribution < 1.29 is 9.53 Å². The van der Waals surface area contributed by atoms with Crippen LogP contribution in [-0.2, 0) is 4.79 Å². The summed E-state index contributed by atoms with van der Waals surface area (Å²) < 4.78 is 7.44. The van der Waals surface area contributed by atoms with E-state index in [2.05, 4.69) is 22.7 Å². The molecular weight excluding hydrogens is 244 g/mol. The molecule has 2 N–H and O–H groups in total. The monoisotopic (exact) mass is 266 g/mol. The Labute approximate surface area is 113 Å². The summed E-state index contributed by atoms with van der Waals surface area (Å²) in [5, 5.41) is 10.3. The standard InChI is InChI=1S/C13H22N4O2/c1-4-5-19-12-6-11(16-17(12)9(2)3)15-13(18)10-7-14-8-10/h6,9-10,14H,4-5,7-8H2,1-3H3,(H,15,16,18). The number of nitrogens with zero attached hydrogens (tertiary/aromatic N) is 2. The van der Waals surface area contributed by atoms with Crippen LogP contribution in [0.15, 0.2) is 6.07 Å². The molecule has 0 aromatic carbocycles. The van der Waals surface area contributed by atoms with Gasteiger partial charge in [-0.2, -0.15) is 5.10 Å². The lowest BCUT2D eigenvalue weighted by Gasteiger charge is -2.25. The molecule has 1 aromatic rings. The summed E-state index contributed by atoms with van der Waals surface area (Å²) >= 11 is 0. The molecule has 2 heterocycles. The molecular formula is C13H22N4O2. The maximum absolute atomic E-state index is 11.9. The second kappa shape index (κ2) is 6.06. The molecule has 1 fully saturated rings. The van der Waals surface area contributed by atoms with E-state index < -0.39 is 0 Å². The van der Waals surface area contributed by atoms with Crippen LogP contribution < -0.4 is 15.4 Å². The summed E-state index contributed by atoms with van der Waals surface area (Å²) in [5.74, 6) is 1.36. The fraction of sp³-hybridized carbons (Fsp3) is 0.692. The molecule has 0 atom stereocenters. The van der Waals surface area contributed by atoms with Crippen LogP contribution >= 0.6 is 0 Å². The van der Waals surface area contributed by atoms with Crippen molar-refractivity contribution in [2.24, 2.45) is 5.92 Å². The highest BCUT2D eigenvalue weighted by molar-refractivity contribution is 5.92. The molecule has 1 aromatic heterocycles. The number of nitrogens with one attached hydrogen (secondary N) is 2. The van der Waals surface area contributed by atoms with E-state index >= 15 is 0 Å². The van der Waals surface area contributed by atoms with Gasteiger partial charge in [0.2, 0.25) is 11.8 Å². The van der Waals surface area contributed by atoms with Gasteiger partial charge < -0.3 is 15.4 Å². The van der Waals surface area contributed by atoms with Gasteiger partial charge in [0, 0.05) is 19.2 Å². The predicted octanol–water partition coefficient (Wildman–Crippen LogP) is 1.41. The molecule has 2 rings (SSSR count). The zero-order valence-electron chi connectivity index (χ0n) is 11.8. The average Bonchev–Trinajstić information content (AvgIpc) is 2.67. The van der Waals surface area contributed by atoms with Crippen molar-refractivity contribution in [3.05, 3.63) is 6.07 Å². The largest absolute Gasteiger partial charge is 0.478 e. The highest BCUT2D eigenvalue weighted by atomic mass is 16.5. The molecule has 1 amide bonds. The minimum absolute atomic E-state index is 0.0224. The van der Waals surface area contributed by atoms with Crippen LogP contribution in [0.5, 0.6) is 5.88 Å². The van der Waals surface area contributed by atoms with Crippen LogP contribution in [0.1, 0.15) is 33.2 Å². The third-order valence-corrected chi connectivity index (χ3v) is 3.05. The van der Waals surface area contributed by atoms with Crippen molar-refractivity contribution in [3.63, 3.8) is 0 Å². The van der Waals surface area contributed by atoms with Crippen LogP contribution in [0.4, 0.5) is 5.82 Å². The number of ether oxygens (including phenoxy) is 1. The lowest BCUT2D eigenvalue weighted by atomic mass is 10.0. The Morgan fingerprint density at radius 1 is 1.63 bits per heavy atom. The van der Waals surface area contributed by atoms with Crippen LogP contribution in [0.3, 0.4) is 0 Å². The molecule has 6 heteroatoms. The fourth-order valence-electron chi connectivity index (χ4n) is 1.83. The van der Waals surface area contributed by atoms with Crippen LogP contribution in [-0.4, -0.2) is 35.4 Å². The van der Waals surface area contributed by atoms with Crippen molar-refractivity contribution >= 4 is 11.7 Å². The topological polar surface area (TPSA) is 68.2 Å². The molecule has 0 bridgehead atoms. The van der Waals surface area contributed by atoms with Crippen molar-refractivity contribution in [2.75, 3.05) is 25.0 Å². The van der Waals surface area contributed by atoms with Gasteiger partial charge in [0.15, 0.2) is 5.82 Å². The molecule has 19 heavy (non-hydrogen) atoms. The van der Waals surface area contributed by atoms with Gasteiger partial charge in [-0.1, -0.05) is 6.92 Å². The van der Waals surface area contributed by atoms with Gasteiger partial charge in [-0.15, -0.1) is 0 Å². The second-order valence-electron chi connectivity index (χ2n) is 5.10. The minimum atomic E-state index is 0.0224. The Bertz CT molecular complexity index is 438. The molecule has 0 spiro atoms. The van der Waals surface area contributed by atoms with E-state index in [-0.39, 0.29) is 17.9 Å². The van der Waals surface area contributed by atoms with E-state index in [1.165, 1.54) is 0 Å². The first-order chi connectivity index (χ1) is 9.11. The summed E-state index contributed by atoms with van der Waals surface area (Å²) in [5.41, 5.74) is 0. The van der Waals surface area contributed by atoms with E-state index in [4.69, 9.17) is 4.74 Å². The Morgan fingerprint density at radius 3 is 2.89 bits per heavy atom. The Hall–Kier alpha value is -1.56. The fourth-order valence-corrected chi connectivity index (χ4v) is 1.83. The van der Waals surface area contributed by atoms with E-state index in [1.54, 1.807) is 10.7 Å². The quantitative estimate of drug-likeness (QED) is 0.817. The van der Waals surface area contributed by atoms with E-state index in [9.17, 15) is 4.79 Å². The second-order valence-corrected chi connectivity index (χ2v) is 5.10. The van der Waals surface area contributed by atoms with Crippen molar-refractivity contribution in [1.82, 2.24) is 15.1 Å². The van der Waals surface area contributed by atoms with Gasteiger partial charge in [0.25, 0.3) is 0 Å². The number of rotatable bonds is 6. The molecule has 0 radical (unpaired) electrons. The zero-order chi connectivity index (χ0) is 13.8. The number of hydrogen-bond donors (Lipinski definition) is 2. The van der Waals surface area contributed by atoms with Gasteiger partial charge in [-0.3, -0.25) is 4.79 Å². The van der Waals surface area contributed by atoms with Gasteiger partial charge >= 0.3 is 0 Å². The molecule has 106 valence electrons. The number of aromatic nitrogens is 2. The third kappa shape index (κ3) is 3.26. The summed E-state index contributed by atoms with van der Waals surface area (Å²) in [7, 11) is 0. The first-order valence-electron chi connectivity index (χ1n) is 6.85. The smallest absolute Gasteiger partial charge is 0.231 e. The van der Waals surface area contributed by atoms with Crippen molar-refractivity contribution in [2.45, 2.75) is 33.2 Å². The number of anilines is 1. The van der Waals surface area contributed by atoms with Gasteiger partial charge in [0.1, 0.15) is 0 Å². The van der Waals surface area contributed by atoms with E-state index in [0.717, 1.165) is 19.5 Å². The highest BCUT2D eigenvalue weighted by Gasteiger charge is 2.25. The van der Waals surface area contributed by atoms with Crippen LogP contribution in [0.2, 0.25) is 0 Å². The molecule has 0 aliphatic carbocycles. The summed E-state index contributed by atoms with van der Waals surface area (Å²) in [6, 6.07) is 1.99. The normalized spacial score (nSPS) is 15.4. The van der Waals surface area contributed by atoms with Crippen molar-refractivity contribution in [3.8, 4) is 5.88 Å². The SMILES string of the molecule is CCCOc1cc(NC(=O)C2CNC2)nn1C(C)C. The summed E-state index contributed by atoms with van der Waals surface area (Å²) in [4.78, 5) is 11.9. The van der Waals surface area contributed by atoms with Gasteiger partial charge in [-0.05, 0) is 20.3 Å². The first-order valence-corrected chi connectivity index (χ1v) is 6.85. The molecule has 1 aliphatic rings. The molecule has 0 saturated carbocycles. The van der Waals surface area contributed by atoms with Gasteiger partial charge in [0.05, 0.1) is 18.6 Å². The van der Waals surface area contributed by atoms with E-state index in [1.807, 2.05) is 13.8 Å². The lowest BCUT2D eigenvalue weighted by molar-refractivity contribution is -0.121. The van der Waals surface area contributed by atoms with E-state index in [0.29, 0.717) is 18.3 Å². The Balaban J connectivity index is 2.05. The zero-order valence-corrected chi connectivity index (χ0v) is 11.8. The number of amides is 1. The number of carbonyl (C=O) groups is 1. The maximum Gasteiger partial charge on any atom is 0.231 e. The lowest BCUT2D eigenvalue weighted by Crippen LogP contribution is -2.48. The van der Waals surface area contributed by atoms with Crippen molar-refractivity contribution in [1.29, 1.82) is 0 Å². The van der Waals surface area contributed by atoms with Gasteiger partial charge in [-0.25, -0.2) is 4.68 Å². The highest BCUT2D eigenvalue weighted by Crippen LogP contribution is 2.22. The molecule has 6 nitrogen and oxygen atoms in total.